The molecule has 0 aliphatic rings. The summed E-state index contributed by atoms with van der Waals surface area (Å²) < 4.78 is 7.26. The molecule has 128 valence electrons. The van der Waals surface area contributed by atoms with Crippen LogP contribution in [0.4, 0.5) is 0 Å². The minimum absolute atomic E-state index is 0.632. The van der Waals surface area contributed by atoms with Crippen LogP contribution in [0.2, 0.25) is 18.5 Å². The van der Waals surface area contributed by atoms with E-state index in [0.29, 0.717) is 5.15 Å². The van der Waals surface area contributed by atoms with Crippen molar-refractivity contribution in [1.29, 1.82) is 0 Å². The van der Waals surface area contributed by atoms with E-state index in [-0.39, 0.29) is 0 Å². The van der Waals surface area contributed by atoms with Gasteiger partial charge < -0.3 is 0 Å². The van der Waals surface area contributed by atoms with Crippen molar-refractivity contribution in [2.75, 3.05) is 0 Å². The average molecular weight is 460 g/mol. The number of hydrogen-bond acceptors (Lipinski definition) is 3. The minimum atomic E-state index is -2.34. The normalized spacial score (nSPS) is 12.2. The summed E-state index contributed by atoms with van der Waals surface area (Å²) in [6.07, 6.45) is 9.68. The number of fused-ring (bicyclic) bond motifs is 1. The van der Waals surface area contributed by atoms with Crippen LogP contribution in [-0.2, 0) is 0 Å². The molecular formula is C18H29ClN2SSn. The Morgan fingerprint density at radius 1 is 0.957 bits per heavy atom. The van der Waals surface area contributed by atoms with Gasteiger partial charge in [-0.3, -0.25) is 0 Å². The predicted molar refractivity (Wildman–Crippen MR) is 107 cm³/mol. The molecule has 0 saturated heterocycles. The van der Waals surface area contributed by atoms with Gasteiger partial charge in [-0.15, -0.1) is 0 Å². The quantitative estimate of drug-likeness (QED) is 0.303. The van der Waals surface area contributed by atoms with E-state index >= 15 is 0 Å². The van der Waals surface area contributed by atoms with Gasteiger partial charge in [-0.25, -0.2) is 0 Å². The predicted octanol–water partition coefficient (Wildman–Crippen LogP) is 6.40. The molecule has 2 aromatic rings. The molecule has 0 unspecified atom stereocenters. The SMILES string of the molecule is CCC[CH2][Sn]([CH2]CCC)([CH2]CCC)[c]1cc2ncnc(Cl)c2s1. The summed E-state index contributed by atoms with van der Waals surface area (Å²) in [6.45, 7) is 6.97. The van der Waals surface area contributed by atoms with Crippen molar-refractivity contribution in [2.45, 2.75) is 72.6 Å². The summed E-state index contributed by atoms with van der Waals surface area (Å²) in [4.78, 5) is 8.64. The van der Waals surface area contributed by atoms with Crippen molar-refractivity contribution in [3.05, 3.63) is 17.5 Å². The molecular weight excluding hydrogens is 430 g/mol. The number of unbranched alkanes of at least 4 members (excludes halogenated alkanes) is 3. The summed E-state index contributed by atoms with van der Waals surface area (Å²) >= 11 is 5.89. The van der Waals surface area contributed by atoms with Crippen LogP contribution in [-0.4, -0.2) is 28.3 Å². The van der Waals surface area contributed by atoms with Crippen LogP contribution in [0.3, 0.4) is 0 Å². The monoisotopic (exact) mass is 460 g/mol. The Balaban J connectivity index is 2.43. The van der Waals surface area contributed by atoms with Crippen molar-refractivity contribution in [3.8, 4) is 0 Å². The molecule has 0 N–H and O–H groups in total. The van der Waals surface area contributed by atoms with E-state index in [2.05, 4.69) is 36.8 Å². The second-order valence-electron chi connectivity index (χ2n) is 6.58. The second kappa shape index (κ2) is 9.57. The van der Waals surface area contributed by atoms with Gasteiger partial charge in [0.1, 0.15) is 0 Å². The molecule has 0 radical (unpaired) electrons. The molecule has 0 fully saturated rings. The van der Waals surface area contributed by atoms with Gasteiger partial charge in [0.2, 0.25) is 0 Å². The Morgan fingerprint density at radius 2 is 1.52 bits per heavy atom. The molecule has 23 heavy (non-hydrogen) atoms. The van der Waals surface area contributed by atoms with E-state index in [9.17, 15) is 0 Å². The van der Waals surface area contributed by atoms with Gasteiger partial charge in [0.05, 0.1) is 0 Å². The standard InChI is InChI=1S/C6H2ClN2S.3C4H9.Sn/c7-6-5-4(1-2-10-5)8-3-9-6;3*1-3-4-2;/h1,3H;3*1,3-4H2,2H3;. The van der Waals surface area contributed by atoms with Crippen molar-refractivity contribution in [2.24, 2.45) is 0 Å². The molecule has 0 saturated carbocycles. The van der Waals surface area contributed by atoms with E-state index in [1.54, 1.807) is 9.22 Å². The van der Waals surface area contributed by atoms with E-state index < -0.39 is 18.4 Å². The number of thiophene rings is 1. The topological polar surface area (TPSA) is 25.8 Å². The van der Waals surface area contributed by atoms with Gasteiger partial charge in [0, 0.05) is 0 Å². The number of hydrogen-bond donors (Lipinski definition) is 0. The molecule has 0 spiro atoms. The van der Waals surface area contributed by atoms with Crippen LogP contribution < -0.4 is 2.89 Å². The molecule has 0 amide bonds. The Labute approximate surface area is 153 Å². The molecule has 0 bridgehead atoms. The molecule has 0 aliphatic carbocycles. The van der Waals surface area contributed by atoms with Crippen molar-refractivity contribution >= 4 is 54.4 Å². The van der Waals surface area contributed by atoms with Crippen LogP contribution in [0.15, 0.2) is 12.4 Å². The first-order chi connectivity index (χ1) is 11.2. The van der Waals surface area contributed by atoms with Gasteiger partial charge in [0.25, 0.3) is 0 Å². The Hall–Kier alpha value is 0.129. The van der Waals surface area contributed by atoms with Gasteiger partial charge in [-0.2, -0.15) is 0 Å². The first-order valence-corrected chi connectivity index (χ1v) is 17.7. The van der Waals surface area contributed by atoms with Gasteiger partial charge in [-0.05, 0) is 0 Å². The third-order valence-corrected chi connectivity index (χ3v) is 24.6. The fourth-order valence-electron chi connectivity index (χ4n) is 3.38. The van der Waals surface area contributed by atoms with E-state index in [1.165, 1.54) is 51.8 Å². The van der Waals surface area contributed by atoms with Crippen molar-refractivity contribution in [3.63, 3.8) is 0 Å². The maximum absolute atomic E-state index is 6.32. The molecule has 5 heteroatoms. The summed E-state index contributed by atoms with van der Waals surface area (Å²) in [5.74, 6) is 0. The third-order valence-electron chi connectivity index (χ3n) is 4.82. The van der Waals surface area contributed by atoms with Crippen molar-refractivity contribution < 1.29 is 0 Å². The van der Waals surface area contributed by atoms with Gasteiger partial charge in [0.15, 0.2) is 0 Å². The second-order valence-corrected chi connectivity index (χ2v) is 22.2. The summed E-state index contributed by atoms with van der Waals surface area (Å²) in [5, 5.41) is 0.632. The van der Waals surface area contributed by atoms with Gasteiger partial charge >= 0.3 is 155 Å². The molecule has 2 heterocycles. The van der Waals surface area contributed by atoms with Crippen molar-refractivity contribution in [1.82, 2.24) is 9.97 Å². The summed E-state index contributed by atoms with van der Waals surface area (Å²) in [5.41, 5.74) is 1.07. The Bertz CT molecular complexity index is 592. The molecule has 2 nitrogen and oxygen atoms in total. The van der Waals surface area contributed by atoms with E-state index in [4.69, 9.17) is 11.6 Å². The van der Waals surface area contributed by atoms with E-state index in [0.717, 1.165) is 10.2 Å². The number of rotatable bonds is 10. The Morgan fingerprint density at radius 3 is 2.00 bits per heavy atom. The molecule has 2 aromatic heterocycles. The fraction of sp³-hybridized carbons (Fsp3) is 0.667. The molecule has 0 aromatic carbocycles. The van der Waals surface area contributed by atoms with E-state index in [1.807, 2.05) is 11.3 Å². The average Bonchev–Trinajstić information content (AvgIpc) is 3.01. The summed E-state index contributed by atoms with van der Waals surface area (Å²) in [6, 6.07) is 2.38. The molecule has 0 atom stereocenters. The first kappa shape index (κ1) is 19.5. The zero-order valence-corrected chi connectivity index (χ0v) is 19.1. The van der Waals surface area contributed by atoms with Gasteiger partial charge in [-0.1, -0.05) is 0 Å². The number of halogens is 1. The van der Waals surface area contributed by atoms with Crippen LogP contribution in [0.25, 0.3) is 10.2 Å². The first-order valence-electron chi connectivity index (χ1n) is 9.07. The van der Waals surface area contributed by atoms with Crippen LogP contribution in [0, 0.1) is 0 Å². The number of nitrogens with zero attached hydrogens (tertiary/aromatic N) is 2. The third kappa shape index (κ3) is 4.82. The molecule has 2 rings (SSSR count). The number of aromatic nitrogens is 2. The fourth-order valence-corrected chi connectivity index (χ4v) is 23.7. The van der Waals surface area contributed by atoms with Crippen LogP contribution in [0.1, 0.15) is 59.3 Å². The zero-order chi connectivity index (χ0) is 16.7. The molecule has 0 aliphatic heterocycles. The van der Waals surface area contributed by atoms with Crippen LogP contribution >= 0.6 is 22.9 Å². The van der Waals surface area contributed by atoms with Crippen LogP contribution in [0.5, 0.6) is 0 Å². The Kier molecular flexibility index (Phi) is 8.09. The summed E-state index contributed by atoms with van der Waals surface area (Å²) in [7, 11) is 0. The zero-order valence-electron chi connectivity index (χ0n) is 14.7. The maximum atomic E-state index is 6.32.